The van der Waals surface area contributed by atoms with Crippen LogP contribution in [0.4, 0.5) is 0 Å². The van der Waals surface area contributed by atoms with E-state index >= 15 is 0 Å². The van der Waals surface area contributed by atoms with E-state index in [1.54, 1.807) is 37.3 Å². The molecule has 0 saturated heterocycles. The van der Waals surface area contributed by atoms with E-state index < -0.39 is 23.1 Å². The van der Waals surface area contributed by atoms with Crippen molar-refractivity contribution in [2.75, 3.05) is 28.4 Å². The van der Waals surface area contributed by atoms with E-state index in [2.05, 4.69) is 0 Å². The van der Waals surface area contributed by atoms with E-state index in [0.717, 1.165) is 0 Å². The van der Waals surface area contributed by atoms with Crippen LogP contribution in [0.15, 0.2) is 29.8 Å². The number of allylic oxidation sites excluding steroid dienone is 1. The van der Waals surface area contributed by atoms with Crippen molar-refractivity contribution in [1.29, 1.82) is 0 Å². The summed E-state index contributed by atoms with van der Waals surface area (Å²) in [5, 5.41) is 24.2. The molecule has 1 aliphatic rings. The standard InChI is InChI=1S/C32H28O9/c1-13-8-18-25(20-10-17(39-5)12-22(41-7)27(20)31(36)28(18)32(37)29(13)34)24-14(2)23(15(3)33)30(35)26-19(24)9-16(38-4)11-21(26)40-6/h8-12,35-36H,1-7H3. The molecule has 0 bridgehead atoms. The summed E-state index contributed by atoms with van der Waals surface area (Å²) in [6, 6.07) is 6.52. The maximum Gasteiger partial charge on any atom is 0.237 e. The molecule has 5 rings (SSSR count). The molecule has 0 amide bonds. The number of hydrogen-bond acceptors (Lipinski definition) is 9. The zero-order valence-corrected chi connectivity index (χ0v) is 23.6. The predicted octanol–water partition coefficient (Wildman–Crippen LogP) is 5.79. The second-order valence-electron chi connectivity index (χ2n) is 9.78. The fraction of sp³-hybridized carbons (Fsp3) is 0.219. The van der Waals surface area contributed by atoms with Gasteiger partial charge in [-0.1, -0.05) is 0 Å². The Kier molecular flexibility index (Phi) is 6.61. The lowest BCUT2D eigenvalue weighted by Gasteiger charge is -2.25. The zero-order valence-electron chi connectivity index (χ0n) is 23.6. The number of methoxy groups -OCH3 is 4. The molecule has 0 radical (unpaired) electrons. The Balaban J connectivity index is 2.19. The average molecular weight is 557 g/mol. The summed E-state index contributed by atoms with van der Waals surface area (Å²) in [7, 11) is 5.82. The summed E-state index contributed by atoms with van der Waals surface area (Å²) in [4.78, 5) is 39.2. The molecule has 0 spiro atoms. The van der Waals surface area contributed by atoms with E-state index in [-0.39, 0.29) is 50.3 Å². The third kappa shape index (κ3) is 3.88. The number of ether oxygens (including phenoxy) is 4. The number of fused-ring (bicyclic) bond motifs is 3. The van der Waals surface area contributed by atoms with Gasteiger partial charge in [0, 0.05) is 28.5 Å². The Hall–Kier alpha value is -5.05. The van der Waals surface area contributed by atoms with Crippen LogP contribution in [0.5, 0.6) is 34.5 Å². The van der Waals surface area contributed by atoms with Crippen molar-refractivity contribution in [1.82, 2.24) is 0 Å². The summed E-state index contributed by atoms with van der Waals surface area (Å²) in [6.07, 6.45) is 1.54. The van der Waals surface area contributed by atoms with Crippen LogP contribution >= 0.6 is 0 Å². The molecule has 4 aromatic carbocycles. The number of carbonyl (C=O) groups is 3. The van der Waals surface area contributed by atoms with Crippen LogP contribution in [0.3, 0.4) is 0 Å². The first-order chi connectivity index (χ1) is 19.5. The molecule has 0 aromatic heterocycles. The van der Waals surface area contributed by atoms with Crippen molar-refractivity contribution >= 4 is 45.0 Å². The van der Waals surface area contributed by atoms with Gasteiger partial charge in [0.2, 0.25) is 11.6 Å². The van der Waals surface area contributed by atoms with Gasteiger partial charge in [-0.3, -0.25) is 14.4 Å². The summed E-state index contributed by atoms with van der Waals surface area (Å²) in [6.45, 7) is 4.55. The monoisotopic (exact) mass is 556 g/mol. The van der Waals surface area contributed by atoms with Crippen molar-refractivity contribution in [2.45, 2.75) is 20.8 Å². The first kappa shape index (κ1) is 27.5. The SMILES string of the molecule is COc1cc(OC)c2c(O)c(C(C)=O)c(C)c(-c3c4c(c(O)c5c(OC)cc(OC)cc35)C(=O)C(=O)C(C)=C4)c2c1. The number of hydrogen-bond donors (Lipinski definition) is 2. The maximum absolute atomic E-state index is 13.4. The van der Waals surface area contributed by atoms with Gasteiger partial charge in [-0.2, -0.15) is 0 Å². The van der Waals surface area contributed by atoms with Crippen LogP contribution < -0.4 is 18.9 Å². The topological polar surface area (TPSA) is 129 Å². The molecule has 0 fully saturated rings. The molecule has 4 aromatic rings. The number of ketones is 3. The number of phenols is 2. The van der Waals surface area contributed by atoms with Crippen molar-refractivity contribution in [3.63, 3.8) is 0 Å². The van der Waals surface area contributed by atoms with Crippen molar-refractivity contribution in [2.24, 2.45) is 0 Å². The Morgan fingerprint density at radius 2 is 1.20 bits per heavy atom. The molecule has 210 valence electrons. The minimum absolute atomic E-state index is 0.0553. The molecule has 0 heterocycles. The Morgan fingerprint density at radius 3 is 1.68 bits per heavy atom. The van der Waals surface area contributed by atoms with Gasteiger partial charge >= 0.3 is 0 Å². The van der Waals surface area contributed by atoms with Gasteiger partial charge in [0.05, 0.1) is 50.3 Å². The van der Waals surface area contributed by atoms with Crippen LogP contribution in [0, 0.1) is 6.92 Å². The van der Waals surface area contributed by atoms with Gasteiger partial charge in [0.25, 0.3) is 0 Å². The van der Waals surface area contributed by atoms with Gasteiger partial charge in [-0.05, 0) is 61.2 Å². The second-order valence-corrected chi connectivity index (χ2v) is 9.78. The van der Waals surface area contributed by atoms with Gasteiger partial charge in [0.1, 0.15) is 34.5 Å². The molecule has 2 N–H and O–H groups in total. The summed E-state index contributed by atoms with van der Waals surface area (Å²) < 4.78 is 22.3. The number of rotatable bonds is 6. The second kappa shape index (κ2) is 9.85. The Bertz CT molecular complexity index is 1880. The van der Waals surface area contributed by atoms with E-state index in [1.165, 1.54) is 42.3 Å². The molecular weight excluding hydrogens is 528 g/mol. The summed E-state index contributed by atoms with van der Waals surface area (Å²) >= 11 is 0. The molecule has 41 heavy (non-hydrogen) atoms. The highest BCUT2D eigenvalue weighted by Crippen LogP contribution is 2.53. The number of phenolic OH excluding ortho intramolecular Hbond substituents is 2. The van der Waals surface area contributed by atoms with Crippen molar-refractivity contribution < 1.29 is 43.5 Å². The minimum Gasteiger partial charge on any atom is -0.506 e. The normalized spacial score (nSPS) is 12.8. The molecule has 0 saturated carbocycles. The average Bonchev–Trinajstić information content (AvgIpc) is 2.95. The first-order valence-electron chi connectivity index (χ1n) is 12.6. The van der Waals surface area contributed by atoms with Crippen LogP contribution in [-0.4, -0.2) is 56.0 Å². The van der Waals surface area contributed by atoms with Gasteiger partial charge in [-0.15, -0.1) is 0 Å². The molecular formula is C32H28O9. The van der Waals surface area contributed by atoms with E-state index in [0.29, 0.717) is 39.0 Å². The third-order valence-electron chi connectivity index (χ3n) is 7.59. The highest BCUT2D eigenvalue weighted by atomic mass is 16.5. The number of Topliss-reactive ketones (excluding diaryl/α,β-unsaturated/α-hetero) is 3. The lowest BCUT2D eigenvalue weighted by molar-refractivity contribution is -0.111. The van der Waals surface area contributed by atoms with Gasteiger partial charge in [-0.25, -0.2) is 0 Å². The highest BCUT2D eigenvalue weighted by molar-refractivity contribution is 6.53. The van der Waals surface area contributed by atoms with Crippen molar-refractivity contribution in [3.8, 4) is 45.6 Å². The zero-order chi connectivity index (χ0) is 29.9. The van der Waals surface area contributed by atoms with Crippen molar-refractivity contribution in [3.05, 3.63) is 52.1 Å². The molecule has 0 atom stereocenters. The molecule has 9 heteroatoms. The van der Waals surface area contributed by atoms with E-state index in [9.17, 15) is 24.6 Å². The lowest BCUT2D eigenvalue weighted by atomic mass is 9.78. The highest BCUT2D eigenvalue weighted by Gasteiger charge is 2.35. The smallest absolute Gasteiger partial charge is 0.237 e. The Labute approximate surface area is 235 Å². The maximum atomic E-state index is 13.4. The van der Waals surface area contributed by atoms with E-state index in [4.69, 9.17) is 18.9 Å². The summed E-state index contributed by atoms with van der Waals surface area (Å²) in [5.41, 5.74) is 1.61. The first-order valence-corrected chi connectivity index (χ1v) is 12.6. The molecule has 9 nitrogen and oxygen atoms in total. The molecule has 0 aliphatic heterocycles. The van der Waals surface area contributed by atoms with Gasteiger partial charge in [0.15, 0.2) is 5.78 Å². The van der Waals surface area contributed by atoms with E-state index in [1.807, 2.05) is 0 Å². The number of aromatic hydroxyl groups is 2. The van der Waals surface area contributed by atoms with Crippen LogP contribution in [-0.2, 0) is 4.79 Å². The fourth-order valence-corrected chi connectivity index (χ4v) is 5.74. The molecule has 0 unspecified atom stereocenters. The van der Waals surface area contributed by atoms with Gasteiger partial charge < -0.3 is 29.2 Å². The fourth-order valence-electron chi connectivity index (χ4n) is 5.74. The quantitative estimate of drug-likeness (QED) is 0.224. The largest absolute Gasteiger partial charge is 0.506 e. The third-order valence-corrected chi connectivity index (χ3v) is 7.59. The Morgan fingerprint density at radius 1 is 0.683 bits per heavy atom. The van der Waals surface area contributed by atoms with Crippen LogP contribution in [0.2, 0.25) is 0 Å². The van der Waals surface area contributed by atoms with Crippen LogP contribution in [0.1, 0.15) is 45.7 Å². The predicted molar refractivity (Wildman–Crippen MR) is 154 cm³/mol. The van der Waals surface area contributed by atoms with Crippen LogP contribution in [0.25, 0.3) is 38.7 Å². The minimum atomic E-state index is -0.874. The number of benzene rings is 4. The molecule has 1 aliphatic carbocycles. The number of carbonyl (C=O) groups excluding carboxylic acids is 3. The summed E-state index contributed by atoms with van der Waals surface area (Å²) in [5.74, 6) is -1.42. The lowest BCUT2D eigenvalue weighted by Crippen LogP contribution is -2.21.